The molecule has 2 aliphatic carbocycles. The first-order chi connectivity index (χ1) is 29.0. The number of aliphatic imine (C=N–C) groups is 1. The summed E-state index contributed by atoms with van der Waals surface area (Å²) in [6.45, 7) is 4.96. The van der Waals surface area contributed by atoms with E-state index in [-0.39, 0.29) is 47.8 Å². The lowest BCUT2D eigenvalue weighted by atomic mass is 9.90. The second-order valence-electron chi connectivity index (χ2n) is 17.4. The number of hydrogen-bond donors (Lipinski definition) is 3. The van der Waals surface area contributed by atoms with E-state index in [4.69, 9.17) is 35.8 Å². The number of carbonyl (C=O) groups is 4. The van der Waals surface area contributed by atoms with Crippen molar-refractivity contribution in [2.24, 2.45) is 28.7 Å². The number of likely N-dealkylation sites (tertiary alicyclic amines) is 2. The maximum Gasteiger partial charge on any atom is 0.407 e. The van der Waals surface area contributed by atoms with Crippen LogP contribution in [0.3, 0.4) is 0 Å². The Morgan fingerprint density at radius 1 is 0.783 bits per heavy atom. The van der Waals surface area contributed by atoms with Crippen LogP contribution in [0.25, 0.3) is 28.0 Å². The number of carbonyl (C=O) groups excluding carboxylic acids is 4. The zero-order chi connectivity index (χ0) is 41.8. The number of piperidine rings is 2. The van der Waals surface area contributed by atoms with E-state index >= 15 is 0 Å². The quantitative estimate of drug-likeness (QED) is 0.180. The van der Waals surface area contributed by atoms with Crippen LogP contribution in [0.1, 0.15) is 76.2 Å². The molecule has 0 radical (unpaired) electrons. The molecule has 4 amide bonds. The molecule has 60 heavy (non-hydrogen) atoms. The Labute approximate surface area is 354 Å². The average Bonchev–Trinajstić information content (AvgIpc) is 3.91. The lowest BCUT2D eigenvalue weighted by molar-refractivity contribution is -0.138. The minimum atomic E-state index is -0.687. The van der Waals surface area contributed by atoms with Crippen LogP contribution in [0, 0.1) is 23.7 Å². The van der Waals surface area contributed by atoms with E-state index in [0.29, 0.717) is 49.5 Å². The molecule has 2 saturated carbocycles. The minimum Gasteiger partial charge on any atom is -0.453 e. The highest BCUT2D eigenvalue weighted by molar-refractivity contribution is 6.35. The van der Waals surface area contributed by atoms with Gasteiger partial charge in [0, 0.05) is 43.0 Å². The van der Waals surface area contributed by atoms with Crippen molar-refractivity contribution in [3.8, 4) is 22.4 Å². The van der Waals surface area contributed by atoms with Crippen LogP contribution in [-0.4, -0.2) is 107 Å². The number of aromatic amines is 1. The molecule has 8 atom stereocenters. The average molecular weight is 838 g/mol. The summed E-state index contributed by atoms with van der Waals surface area (Å²) in [7, 11) is 2.62. The molecule has 3 N–H and O–H groups in total. The molecule has 14 nitrogen and oxygen atoms in total. The molecule has 1 aromatic heterocycles. The number of allylic oxidation sites excluding steroid dienone is 1. The molecule has 9 rings (SSSR count). The highest BCUT2D eigenvalue weighted by Crippen LogP contribution is 2.54. The number of imidazole rings is 1. The van der Waals surface area contributed by atoms with Crippen LogP contribution in [0.5, 0.6) is 0 Å². The first-order valence-electron chi connectivity index (χ1n) is 21.2. The Bertz CT molecular complexity index is 2220. The number of fused-ring (bicyclic) bond motifs is 2. The van der Waals surface area contributed by atoms with E-state index in [1.165, 1.54) is 14.2 Å². The summed E-state index contributed by atoms with van der Waals surface area (Å²) in [5, 5.41) is 6.04. The van der Waals surface area contributed by atoms with Gasteiger partial charge in [0.25, 0.3) is 0 Å². The van der Waals surface area contributed by atoms with Gasteiger partial charge in [0.2, 0.25) is 11.8 Å². The predicted octanol–water partition coefficient (Wildman–Crippen LogP) is 6.68. The summed E-state index contributed by atoms with van der Waals surface area (Å²) in [5.74, 6) is 1.31. The number of ether oxygens (including phenoxy) is 3. The minimum absolute atomic E-state index is 0.0231. The van der Waals surface area contributed by atoms with Crippen LogP contribution in [0.4, 0.5) is 9.59 Å². The molecule has 6 aliphatic rings. The Morgan fingerprint density at radius 2 is 1.35 bits per heavy atom. The normalized spacial score (nSPS) is 26.6. The zero-order valence-electron chi connectivity index (χ0n) is 34.4. The summed E-state index contributed by atoms with van der Waals surface area (Å²) in [6, 6.07) is 15.2. The largest absolute Gasteiger partial charge is 0.453 e. The molecular formula is C45H52ClN7O7. The smallest absolute Gasteiger partial charge is 0.407 e. The van der Waals surface area contributed by atoms with Crippen molar-refractivity contribution in [3.05, 3.63) is 71.3 Å². The number of alkyl carbamates (subject to hydrolysis) is 2. The molecule has 316 valence electrons. The van der Waals surface area contributed by atoms with E-state index < -0.39 is 24.3 Å². The van der Waals surface area contributed by atoms with Gasteiger partial charge in [-0.2, -0.15) is 0 Å². The van der Waals surface area contributed by atoms with Gasteiger partial charge in [0.15, 0.2) is 0 Å². The molecule has 0 unspecified atom stereocenters. The Balaban J connectivity index is 0.851. The number of rotatable bonds is 11. The third-order valence-corrected chi connectivity index (χ3v) is 13.8. The highest BCUT2D eigenvalue weighted by Gasteiger charge is 2.58. The lowest BCUT2D eigenvalue weighted by Gasteiger charge is -2.35. The van der Waals surface area contributed by atoms with Crippen LogP contribution in [0.2, 0.25) is 0 Å². The fourth-order valence-electron chi connectivity index (χ4n) is 9.98. The van der Waals surface area contributed by atoms with Gasteiger partial charge in [-0.25, -0.2) is 19.6 Å². The molecule has 0 bridgehead atoms. The Morgan fingerprint density at radius 3 is 1.97 bits per heavy atom. The molecule has 15 heteroatoms. The van der Waals surface area contributed by atoms with Crippen molar-refractivity contribution in [2.75, 3.05) is 27.4 Å². The Kier molecular flexibility index (Phi) is 10.9. The standard InChI is InChI=1S/C45H52ClN7O7/c1-23(2)38(50-44(56)58-3)42(54)52-34-17-29(34)19-36(52)32-21-31(40(46)48-32)26-9-5-24(6-10-26)25-7-11-27(12-8-25)33-22-47-41(49-33)37-20-30-18-35(30)53(37)43(55)39(51-45(57)59-4)28-13-15-60-16-14-28/h5-12,22-23,28-30,34-39H,13-21H2,1-4H3,(H,47,49)(H,50,56)(H,51,57)/t29-,30-,34-,35-,36+,37+,38+,39+/m1/s1. The van der Waals surface area contributed by atoms with E-state index in [1.807, 2.05) is 29.8 Å². The molecule has 3 saturated heterocycles. The highest BCUT2D eigenvalue weighted by atomic mass is 35.5. The van der Waals surface area contributed by atoms with Gasteiger partial charge in [0.1, 0.15) is 23.1 Å². The second-order valence-corrected chi connectivity index (χ2v) is 17.8. The summed E-state index contributed by atoms with van der Waals surface area (Å²) >= 11 is 6.80. The summed E-state index contributed by atoms with van der Waals surface area (Å²) < 4.78 is 15.3. The maximum atomic E-state index is 14.2. The predicted molar refractivity (Wildman–Crippen MR) is 225 cm³/mol. The number of benzene rings is 2. The molecular weight excluding hydrogens is 786 g/mol. The van der Waals surface area contributed by atoms with Gasteiger partial charge in [-0.15, -0.1) is 0 Å². The van der Waals surface area contributed by atoms with Crippen molar-refractivity contribution >= 4 is 46.9 Å². The van der Waals surface area contributed by atoms with Crippen molar-refractivity contribution in [2.45, 2.75) is 95.0 Å². The van der Waals surface area contributed by atoms with Crippen molar-refractivity contribution in [1.29, 1.82) is 0 Å². The van der Waals surface area contributed by atoms with Gasteiger partial charge < -0.3 is 39.6 Å². The van der Waals surface area contributed by atoms with Crippen LogP contribution < -0.4 is 10.6 Å². The summed E-state index contributed by atoms with van der Waals surface area (Å²) in [4.78, 5) is 69.5. The third kappa shape index (κ3) is 7.68. The van der Waals surface area contributed by atoms with Gasteiger partial charge in [-0.05, 0) is 84.5 Å². The molecule has 5 fully saturated rings. The number of amides is 4. The summed E-state index contributed by atoms with van der Waals surface area (Å²) in [6.07, 6.45) is 6.18. The van der Waals surface area contributed by atoms with E-state index in [9.17, 15) is 19.2 Å². The third-order valence-electron chi connectivity index (χ3n) is 13.5. The zero-order valence-corrected chi connectivity index (χ0v) is 35.1. The fraction of sp³-hybridized carbons (Fsp3) is 0.511. The maximum absolute atomic E-state index is 14.2. The molecule has 3 aromatic rings. The van der Waals surface area contributed by atoms with Crippen molar-refractivity contribution < 1.29 is 33.4 Å². The van der Waals surface area contributed by atoms with Crippen LogP contribution in [-0.2, 0) is 23.8 Å². The second kappa shape index (κ2) is 16.3. The monoisotopic (exact) mass is 837 g/mol. The SMILES string of the molecule is COC(=O)N[C@H](C(=O)N1[C@@H]2C[C@@H]2C[C@H]1C1=NC(Cl)=C(c2ccc(-c3ccc(-c4cnc([C@@H]5C[C@H]6C[C@H]6N5C(=O)[C@@H](NC(=O)OC)C5CCOCC5)[nH]4)cc3)cc2)C1)C(C)C. The first kappa shape index (κ1) is 40.2. The number of nitrogens with one attached hydrogen (secondary N) is 3. The van der Waals surface area contributed by atoms with Gasteiger partial charge in [-0.3, -0.25) is 9.59 Å². The number of nitrogens with zero attached hydrogens (tertiary/aromatic N) is 4. The van der Waals surface area contributed by atoms with E-state index in [1.54, 1.807) is 0 Å². The first-order valence-corrected chi connectivity index (χ1v) is 21.5. The van der Waals surface area contributed by atoms with Crippen LogP contribution >= 0.6 is 11.6 Å². The van der Waals surface area contributed by atoms with Gasteiger partial charge >= 0.3 is 12.2 Å². The molecule has 0 spiro atoms. The van der Waals surface area contributed by atoms with Crippen molar-refractivity contribution in [1.82, 2.24) is 30.4 Å². The number of H-pyrrole nitrogens is 1. The summed E-state index contributed by atoms with van der Waals surface area (Å²) in [5.41, 5.74) is 6.75. The van der Waals surface area contributed by atoms with Crippen molar-refractivity contribution in [3.63, 3.8) is 0 Å². The van der Waals surface area contributed by atoms with Gasteiger partial charge in [0.05, 0.1) is 38.2 Å². The number of hydrogen-bond acceptors (Lipinski definition) is 9. The van der Waals surface area contributed by atoms with Gasteiger partial charge in [-0.1, -0.05) is 74.0 Å². The Hall–Kier alpha value is -5.21. The molecule has 5 heterocycles. The van der Waals surface area contributed by atoms with Crippen LogP contribution in [0.15, 0.2) is 64.9 Å². The topological polar surface area (TPSA) is 168 Å². The molecule has 4 aliphatic heterocycles. The number of aromatic nitrogens is 2. The van der Waals surface area contributed by atoms with E-state index in [0.717, 1.165) is 70.7 Å². The lowest BCUT2D eigenvalue weighted by Crippen LogP contribution is -2.54. The van der Waals surface area contributed by atoms with E-state index in [2.05, 4.69) is 64.1 Å². The fourth-order valence-corrected chi connectivity index (χ4v) is 10.3. The number of methoxy groups -OCH3 is 2. The molecule has 2 aromatic carbocycles. The number of halogens is 1.